The minimum absolute atomic E-state index is 0.00358. The first-order valence-electron chi connectivity index (χ1n) is 4.67. The average molecular weight is 219 g/mol. The predicted octanol–water partition coefficient (Wildman–Crippen LogP) is 0.178. The summed E-state index contributed by atoms with van der Waals surface area (Å²) in [5, 5.41) is 0. The summed E-state index contributed by atoms with van der Waals surface area (Å²) in [4.78, 5) is 13.3. The average Bonchev–Trinajstić information content (AvgIpc) is 2.61. The summed E-state index contributed by atoms with van der Waals surface area (Å²) >= 11 is 4.03. The van der Waals surface area contributed by atoms with Crippen LogP contribution < -0.4 is 0 Å². The zero-order valence-corrected chi connectivity index (χ0v) is 9.50. The van der Waals surface area contributed by atoms with Crippen molar-refractivity contribution in [1.29, 1.82) is 0 Å². The number of ether oxygens (including phenoxy) is 2. The monoisotopic (exact) mass is 219 g/mol. The van der Waals surface area contributed by atoms with Crippen molar-refractivity contribution in [3.05, 3.63) is 0 Å². The van der Waals surface area contributed by atoms with Gasteiger partial charge in [-0.05, 0) is 5.75 Å². The zero-order chi connectivity index (χ0) is 10.6. The third-order valence-corrected chi connectivity index (χ3v) is 2.72. The van der Waals surface area contributed by atoms with Crippen LogP contribution in [0.15, 0.2) is 0 Å². The molecule has 1 rings (SSSR count). The molecule has 1 heterocycles. The zero-order valence-electron chi connectivity index (χ0n) is 8.60. The van der Waals surface area contributed by atoms with Gasteiger partial charge in [0.2, 0.25) is 5.91 Å². The molecular formula is C9H17NO3S. The Morgan fingerprint density at radius 1 is 1.36 bits per heavy atom. The van der Waals surface area contributed by atoms with Crippen LogP contribution in [0.25, 0.3) is 0 Å². The van der Waals surface area contributed by atoms with Crippen molar-refractivity contribution in [2.45, 2.75) is 18.6 Å². The number of hydrogen-bond donors (Lipinski definition) is 1. The van der Waals surface area contributed by atoms with Crippen LogP contribution in [0.2, 0.25) is 0 Å². The highest BCUT2D eigenvalue weighted by molar-refractivity contribution is 7.80. The van der Waals surface area contributed by atoms with Crippen molar-refractivity contribution in [2.24, 2.45) is 0 Å². The molecule has 0 saturated carbocycles. The summed E-state index contributed by atoms with van der Waals surface area (Å²) in [6.07, 6.45) is 0.489. The topological polar surface area (TPSA) is 38.8 Å². The lowest BCUT2D eigenvalue weighted by molar-refractivity contribution is -0.130. The van der Waals surface area contributed by atoms with E-state index in [1.165, 1.54) is 0 Å². The Labute approximate surface area is 90.0 Å². The molecule has 14 heavy (non-hydrogen) atoms. The van der Waals surface area contributed by atoms with Gasteiger partial charge in [-0.25, -0.2) is 0 Å². The molecule has 1 fully saturated rings. The van der Waals surface area contributed by atoms with Crippen LogP contribution in [0.1, 0.15) is 6.42 Å². The molecule has 0 aromatic rings. The summed E-state index contributed by atoms with van der Waals surface area (Å²) in [5.74, 6) is 0.714. The van der Waals surface area contributed by atoms with Gasteiger partial charge >= 0.3 is 0 Å². The van der Waals surface area contributed by atoms with Gasteiger partial charge in [-0.15, -0.1) is 0 Å². The maximum atomic E-state index is 11.5. The van der Waals surface area contributed by atoms with E-state index in [1.807, 2.05) is 0 Å². The maximum absolute atomic E-state index is 11.5. The Morgan fingerprint density at radius 3 is 2.21 bits per heavy atom. The number of carbonyl (C=O) groups excluding carboxylic acids is 1. The first-order valence-corrected chi connectivity index (χ1v) is 5.30. The fraction of sp³-hybridized carbons (Fsp3) is 0.889. The second kappa shape index (κ2) is 5.58. The molecule has 1 saturated heterocycles. The van der Waals surface area contributed by atoms with Gasteiger partial charge < -0.3 is 14.4 Å². The normalized spacial score (nSPS) is 26.9. The van der Waals surface area contributed by atoms with Crippen molar-refractivity contribution in [2.75, 3.05) is 33.1 Å². The molecule has 82 valence electrons. The van der Waals surface area contributed by atoms with Gasteiger partial charge in [0.25, 0.3) is 0 Å². The van der Waals surface area contributed by atoms with Crippen LogP contribution in [-0.2, 0) is 14.3 Å². The first kappa shape index (κ1) is 11.8. The summed E-state index contributed by atoms with van der Waals surface area (Å²) in [5.41, 5.74) is 0. The lowest BCUT2D eigenvalue weighted by Gasteiger charge is -2.14. The molecular weight excluding hydrogens is 202 g/mol. The van der Waals surface area contributed by atoms with E-state index in [-0.39, 0.29) is 18.1 Å². The van der Waals surface area contributed by atoms with Crippen molar-refractivity contribution in [1.82, 2.24) is 4.90 Å². The third-order valence-electron chi connectivity index (χ3n) is 2.50. The molecule has 4 nitrogen and oxygen atoms in total. The summed E-state index contributed by atoms with van der Waals surface area (Å²) in [6.45, 7) is 1.25. The molecule has 2 unspecified atom stereocenters. The van der Waals surface area contributed by atoms with Crippen molar-refractivity contribution >= 4 is 18.5 Å². The Bertz CT molecular complexity index is 188. The standard InChI is InChI=1S/C9H17NO3S/c1-12-7-5-10(6-8(7)13-2)9(11)3-4-14/h7-8,14H,3-6H2,1-2H3. The second-order valence-corrected chi connectivity index (χ2v) is 3.77. The quantitative estimate of drug-likeness (QED) is 0.686. The van der Waals surface area contributed by atoms with E-state index in [2.05, 4.69) is 12.6 Å². The van der Waals surface area contributed by atoms with E-state index >= 15 is 0 Å². The number of amides is 1. The fourth-order valence-corrected chi connectivity index (χ4v) is 1.85. The predicted molar refractivity (Wildman–Crippen MR) is 56.6 cm³/mol. The lowest BCUT2D eigenvalue weighted by Crippen LogP contribution is -2.30. The number of methoxy groups -OCH3 is 2. The Kier molecular flexibility index (Phi) is 4.71. The minimum atomic E-state index is 0.00358. The summed E-state index contributed by atoms with van der Waals surface area (Å²) in [7, 11) is 3.28. The number of hydrogen-bond acceptors (Lipinski definition) is 4. The van der Waals surface area contributed by atoms with Crippen molar-refractivity contribution in [3.63, 3.8) is 0 Å². The Hall–Kier alpha value is -0.260. The molecule has 0 radical (unpaired) electrons. The lowest BCUT2D eigenvalue weighted by atomic mass is 10.3. The fourth-order valence-electron chi connectivity index (χ4n) is 1.65. The van der Waals surface area contributed by atoms with Gasteiger partial charge in [0, 0.05) is 33.7 Å². The summed E-state index contributed by atoms with van der Waals surface area (Å²) < 4.78 is 10.5. The molecule has 0 aromatic carbocycles. The van der Waals surface area contributed by atoms with Crippen LogP contribution in [0, 0.1) is 0 Å². The molecule has 1 amide bonds. The molecule has 0 N–H and O–H groups in total. The molecule has 0 bridgehead atoms. The summed E-state index contributed by atoms with van der Waals surface area (Å²) in [6, 6.07) is 0. The Balaban J connectivity index is 2.48. The number of likely N-dealkylation sites (tertiary alicyclic amines) is 1. The molecule has 2 atom stereocenters. The highest BCUT2D eigenvalue weighted by Gasteiger charge is 2.34. The molecule has 0 aliphatic carbocycles. The van der Waals surface area contributed by atoms with Gasteiger partial charge in [-0.1, -0.05) is 0 Å². The molecule has 1 aliphatic heterocycles. The van der Waals surface area contributed by atoms with Crippen LogP contribution in [0.4, 0.5) is 0 Å². The highest BCUT2D eigenvalue weighted by atomic mass is 32.1. The van der Waals surface area contributed by atoms with Crippen molar-refractivity contribution in [3.8, 4) is 0 Å². The second-order valence-electron chi connectivity index (χ2n) is 3.32. The van der Waals surface area contributed by atoms with Gasteiger partial charge in [0.15, 0.2) is 0 Å². The van der Waals surface area contributed by atoms with E-state index < -0.39 is 0 Å². The van der Waals surface area contributed by atoms with E-state index in [1.54, 1.807) is 19.1 Å². The molecule has 5 heteroatoms. The number of nitrogens with zero attached hydrogens (tertiary/aromatic N) is 1. The molecule has 1 aliphatic rings. The number of thiol groups is 1. The minimum Gasteiger partial charge on any atom is -0.377 e. The van der Waals surface area contributed by atoms with Gasteiger partial charge in [0.1, 0.15) is 12.2 Å². The van der Waals surface area contributed by atoms with Crippen LogP contribution in [0.5, 0.6) is 0 Å². The van der Waals surface area contributed by atoms with E-state index in [0.29, 0.717) is 25.3 Å². The first-order chi connectivity index (χ1) is 6.72. The van der Waals surface area contributed by atoms with Gasteiger partial charge in [-0.3, -0.25) is 4.79 Å². The Morgan fingerprint density at radius 2 is 1.86 bits per heavy atom. The van der Waals surface area contributed by atoms with Gasteiger partial charge in [-0.2, -0.15) is 12.6 Å². The van der Waals surface area contributed by atoms with Crippen LogP contribution >= 0.6 is 12.6 Å². The van der Waals surface area contributed by atoms with Gasteiger partial charge in [0.05, 0.1) is 0 Å². The number of carbonyl (C=O) groups is 1. The van der Waals surface area contributed by atoms with E-state index in [4.69, 9.17) is 9.47 Å². The third kappa shape index (κ3) is 2.62. The van der Waals surface area contributed by atoms with Crippen LogP contribution in [-0.4, -0.2) is 56.1 Å². The molecule has 0 spiro atoms. The molecule has 0 aromatic heterocycles. The highest BCUT2D eigenvalue weighted by Crippen LogP contribution is 2.16. The van der Waals surface area contributed by atoms with E-state index in [9.17, 15) is 4.79 Å². The number of rotatable bonds is 4. The SMILES string of the molecule is COC1CN(C(=O)CCS)CC1OC. The van der Waals surface area contributed by atoms with Crippen LogP contribution in [0.3, 0.4) is 0 Å². The smallest absolute Gasteiger partial charge is 0.223 e. The maximum Gasteiger partial charge on any atom is 0.223 e. The largest absolute Gasteiger partial charge is 0.377 e. The van der Waals surface area contributed by atoms with Crippen molar-refractivity contribution < 1.29 is 14.3 Å². The van der Waals surface area contributed by atoms with E-state index in [0.717, 1.165) is 0 Å².